The molecule has 0 saturated heterocycles. The SMILES string of the molecule is CCCc1ccc(S(=O)(=O)Nc2cc(S(=O)(=O)Nc3ccccc3OC)ccc2C)cc1. The minimum absolute atomic E-state index is 0.0787. The Morgan fingerprint density at radius 2 is 1.38 bits per heavy atom. The van der Waals surface area contributed by atoms with Gasteiger partial charge in [0.05, 0.1) is 28.3 Å². The molecule has 0 heterocycles. The number of nitrogens with one attached hydrogen (secondary N) is 2. The molecule has 0 atom stereocenters. The molecular formula is C23H26N2O5S2. The number of ether oxygens (including phenoxy) is 1. The predicted octanol–water partition coefficient (Wildman–Crippen LogP) is 4.56. The fourth-order valence-corrected chi connectivity index (χ4v) is 5.36. The van der Waals surface area contributed by atoms with E-state index in [-0.39, 0.29) is 21.2 Å². The zero-order chi connectivity index (χ0) is 23.4. The molecule has 32 heavy (non-hydrogen) atoms. The van der Waals surface area contributed by atoms with Gasteiger partial charge in [-0.1, -0.05) is 43.7 Å². The number of anilines is 2. The van der Waals surface area contributed by atoms with E-state index in [0.717, 1.165) is 18.4 Å². The Balaban J connectivity index is 1.89. The molecule has 0 aromatic heterocycles. The highest BCUT2D eigenvalue weighted by molar-refractivity contribution is 7.93. The molecule has 0 bridgehead atoms. The van der Waals surface area contributed by atoms with Gasteiger partial charge < -0.3 is 4.74 Å². The number of methoxy groups -OCH3 is 1. The maximum atomic E-state index is 12.9. The molecule has 3 rings (SSSR count). The van der Waals surface area contributed by atoms with Gasteiger partial charge in [-0.25, -0.2) is 16.8 Å². The van der Waals surface area contributed by atoms with Crippen LogP contribution in [0.5, 0.6) is 5.75 Å². The van der Waals surface area contributed by atoms with Gasteiger partial charge in [-0.3, -0.25) is 9.44 Å². The molecule has 0 spiro atoms. The number of para-hydroxylation sites is 2. The number of hydrogen-bond donors (Lipinski definition) is 2. The first-order chi connectivity index (χ1) is 15.2. The zero-order valence-corrected chi connectivity index (χ0v) is 19.8. The van der Waals surface area contributed by atoms with Crippen LogP contribution in [0, 0.1) is 6.92 Å². The van der Waals surface area contributed by atoms with E-state index >= 15 is 0 Å². The number of sulfonamides is 2. The highest BCUT2D eigenvalue weighted by Gasteiger charge is 2.20. The summed E-state index contributed by atoms with van der Waals surface area (Å²) in [6, 6.07) is 17.6. The first-order valence-corrected chi connectivity index (χ1v) is 13.0. The van der Waals surface area contributed by atoms with Crippen molar-refractivity contribution in [2.75, 3.05) is 16.6 Å². The maximum Gasteiger partial charge on any atom is 0.262 e. The smallest absolute Gasteiger partial charge is 0.262 e. The molecular weight excluding hydrogens is 448 g/mol. The van der Waals surface area contributed by atoms with Crippen LogP contribution in [0.3, 0.4) is 0 Å². The zero-order valence-electron chi connectivity index (χ0n) is 18.1. The van der Waals surface area contributed by atoms with Crippen molar-refractivity contribution in [3.63, 3.8) is 0 Å². The third-order valence-corrected chi connectivity index (χ3v) is 7.63. The summed E-state index contributed by atoms with van der Waals surface area (Å²) in [6.07, 6.45) is 1.83. The molecule has 2 N–H and O–H groups in total. The minimum atomic E-state index is -3.98. The summed E-state index contributed by atoms with van der Waals surface area (Å²) in [5.41, 5.74) is 2.11. The quantitative estimate of drug-likeness (QED) is 0.473. The number of hydrogen-bond acceptors (Lipinski definition) is 5. The highest BCUT2D eigenvalue weighted by atomic mass is 32.2. The fraction of sp³-hybridized carbons (Fsp3) is 0.217. The van der Waals surface area contributed by atoms with E-state index < -0.39 is 20.0 Å². The van der Waals surface area contributed by atoms with E-state index in [1.54, 1.807) is 61.5 Å². The molecule has 0 saturated carbocycles. The molecule has 7 nitrogen and oxygen atoms in total. The molecule has 0 aliphatic rings. The van der Waals surface area contributed by atoms with E-state index in [4.69, 9.17) is 4.74 Å². The Morgan fingerprint density at radius 3 is 2.03 bits per heavy atom. The molecule has 0 unspecified atom stereocenters. The number of aryl methyl sites for hydroxylation is 2. The summed E-state index contributed by atoms with van der Waals surface area (Å²) in [4.78, 5) is 0.0298. The van der Waals surface area contributed by atoms with E-state index in [1.807, 2.05) is 0 Å². The van der Waals surface area contributed by atoms with Crippen LogP contribution < -0.4 is 14.2 Å². The largest absolute Gasteiger partial charge is 0.495 e. The Labute approximate surface area is 189 Å². The van der Waals surface area contributed by atoms with Gasteiger partial charge in [-0.2, -0.15) is 0 Å². The summed E-state index contributed by atoms with van der Waals surface area (Å²) < 4.78 is 61.8. The van der Waals surface area contributed by atoms with E-state index in [1.165, 1.54) is 19.2 Å². The van der Waals surface area contributed by atoms with Gasteiger partial charge in [-0.15, -0.1) is 0 Å². The van der Waals surface area contributed by atoms with Crippen molar-refractivity contribution in [3.8, 4) is 5.75 Å². The third kappa shape index (κ3) is 5.41. The maximum absolute atomic E-state index is 12.9. The Hall–Kier alpha value is -3.04. The van der Waals surface area contributed by atoms with Gasteiger partial charge in [0, 0.05) is 0 Å². The third-order valence-electron chi connectivity index (χ3n) is 4.89. The van der Waals surface area contributed by atoms with Gasteiger partial charge >= 0.3 is 0 Å². The second kappa shape index (κ2) is 9.62. The molecule has 0 radical (unpaired) electrons. The lowest BCUT2D eigenvalue weighted by Gasteiger charge is -2.15. The van der Waals surface area contributed by atoms with Crippen LogP contribution in [-0.2, 0) is 26.5 Å². The first kappa shape index (κ1) is 23.6. The Bertz CT molecular complexity index is 1300. The lowest BCUT2D eigenvalue weighted by atomic mass is 10.1. The molecule has 0 amide bonds. The fourth-order valence-electron chi connectivity index (χ4n) is 3.14. The van der Waals surface area contributed by atoms with Crippen LogP contribution >= 0.6 is 0 Å². The van der Waals surface area contributed by atoms with Crippen LogP contribution in [0.2, 0.25) is 0 Å². The van der Waals surface area contributed by atoms with Gasteiger partial charge in [0.2, 0.25) is 0 Å². The molecule has 0 aliphatic heterocycles. The second-order valence-corrected chi connectivity index (χ2v) is 10.6. The molecule has 3 aromatic rings. The monoisotopic (exact) mass is 474 g/mol. The van der Waals surface area contributed by atoms with Crippen molar-refractivity contribution < 1.29 is 21.6 Å². The van der Waals surface area contributed by atoms with Crippen LogP contribution in [0.15, 0.2) is 76.5 Å². The standard InChI is InChI=1S/C23H26N2O5S2/c1-4-7-18-11-14-19(15-12-18)31(26,27)25-22-16-20(13-10-17(22)2)32(28,29)24-21-8-5-6-9-23(21)30-3/h5-6,8-16,24-25H,4,7H2,1-3H3. The average Bonchev–Trinajstić information content (AvgIpc) is 2.76. The number of benzene rings is 3. The molecule has 170 valence electrons. The summed E-state index contributed by atoms with van der Waals surface area (Å²) in [5, 5.41) is 0. The van der Waals surface area contributed by atoms with Crippen molar-refractivity contribution in [3.05, 3.63) is 77.9 Å². The van der Waals surface area contributed by atoms with Crippen LogP contribution in [0.25, 0.3) is 0 Å². The molecule has 3 aromatic carbocycles. The lowest BCUT2D eigenvalue weighted by Crippen LogP contribution is -2.16. The molecule has 0 fully saturated rings. The van der Waals surface area contributed by atoms with Crippen molar-refractivity contribution in [1.82, 2.24) is 0 Å². The van der Waals surface area contributed by atoms with Crippen molar-refractivity contribution >= 4 is 31.4 Å². The van der Waals surface area contributed by atoms with Gasteiger partial charge in [0.1, 0.15) is 5.75 Å². The van der Waals surface area contributed by atoms with Gasteiger partial charge in [0.25, 0.3) is 20.0 Å². The summed E-state index contributed by atoms with van der Waals surface area (Å²) in [7, 11) is -6.42. The average molecular weight is 475 g/mol. The van der Waals surface area contributed by atoms with Crippen molar-refractivity contribution in [2.45, 2.75) is 36.5 Å². The molecule has 9 heteroatoms. The van der Waals surface area contributed by atoms with E-state index in [9.17, 15) is 16.8 Å². The van der Waals surface area contributed by atoms with E-state index in [2.05, 4.69) is 16.4 Å². The van der Waals surface area contributed by atoms with Crippen LogP contribution in [0.1, 0.15) is 24.5 Å². The molecule has 0 aliphatic carbocycles. The Morgan fingerprint density at radius 1 is 0.781 bits per heavy atom. The highest BCUT2D eigenvalue weighted by Crippen LogP contribution is 2.28. The topological polar surface area (TPSA) is 102 Å². The normalized spacial score (nSPS) is 11.7. The summed E-state index contributed by atoms with van der Waals surface area (Å²) in [5.74, 6) is 0.371. The van der Waals surface area contributed by atoms with Gasteiger partial charge in [0.15, 0.2) is 0 Å². The van der Waals surface area contributed by atoms with Gasteiger partial charge in [-0.05, 0) is 60.9 Å². The second-order valence-electron chi connectivity index (χ2n) is 7.28. The Kier molecular flexibility index (Phi) is 7.10. The van der Waals surface area contributed by atoms with E-state index in [0.29, 0.717) is 11.3 Å². The van der Waals surface area contributed by atoms with Crippen molar-refractivity contribution in [1.29, 1.82) is 0 Å². The summed E-state index contributed by atoms with van der Waals surface area (Å²) in [6.45, 7) is 3.75. The number of rotatable bonds is 9. The predicted molar refractivity (Wildman–Crippen MR) is 126 cm³/mol. The van der Waals surface area contributed by atoms with Crippen molar-refractivity contribution in [2.24, 2.45) is 0 Å². The van der Waals surface area contributed by atoms with Crippen LogP contribution in [0.4, 0.5) is 11.4 Å². The lowest BCUT2D eigenvalue weighted by molar-refractivity contribution is 0.417. The van der Waals surface area contributed by atoms with Crippen LogP contribution in [-0.4, -0.2) is 23.9 Å². The first-order valence-electron chi connectivity index (χ1n) is 10.0. The minimum Gasteiger partial charge on any atom is -0.495 e. The summed E-state index contributed by atoms with van der Waals surface area (Å²) >= 11 is 0.